The molecular weight excluding hydrogens is 244 g/mol. The van der Waals surface area contributed by atoms with E-state index in [1.165, 1.54) is 23.3 Å². The number of nitrogens with zero attached hydrogens (tertiary/aromatic N) is 1. The molecule has 2 N–H and O–H groups in total. The van der Waals surface area contributed by atoms with E-state index in [1.807, 2.05) is 11.3 Å². The third-order valence-electron chi connectivity index (χ3n) is 3.74. The van der Waals surface area contributed by atoms with Crippen molar-refractivity contribution in [2.75, 3.05) is 26.2 Å². The summed E-state index contributed by atoms with van der Waals surface area (Å²) in [5.74, 6) is 0. The molecule has 18 heavy (non-hydrogen) atoms. The summed E-state index contributed by atoms with van der Waals surface area (Å²) >= 11 is 1.82. The molecule has 1 fully saturated rings. The van der Waals surface area contributed by atoms with E-state index in [4.69, 9.17) is 10.5 Å². The van der Waals surface area contributed by atoms with Crippen LogP contribution in [0.5, 0.6) is 0 Å². The van der Waals surface area contributed by atoms with Crippen molar-refractivity contribution >= 4 is 11.3 Å². The Morgan fingerprint density at radius 3 is 2.94 bits per heavy atom. The second kappa shape index (κ2) is 6.66. The minimum atomic E-state index is 0.346. The van der Waals surface area contributed by atoms with E-state index in [0.717, 1.165) is 19.7 Å². The van der Waals surface area contributed by atoms with Gasteiger partial charge in [-0.3, -0.25) is 4.90 Å². The number of rotatable bonds is 6. The Morgan fingerprint density at radius 2 is 2.44 bits per heavy atom. The summed E-state index contributed by atoms with van der Waals surface area (Å²) in [7, 11) is 0. The van der Waals surface area contributed by atoms with E-state index in [2.05, 4.69) is 30.2 Å². The van der Waals surface area contributed by atoms with Gasteiger partial charge in [-0.05, 0) is 43.3 Å². The highest BCUT2D eigenvalue weighted by Gasteiger charge is 2.25. The van der Waals surface area contributed by atoms with Crippen LogP contribution < -0.4 is 5.73 Å². The molecule has 2 heterocycles. The van der Waals surface area contributed by atoms with E-state index in [9.17, 15) is 0 Å². The summed E-state index contributed by atoms with van der Waals surface area (Å²) in [5, 5.41) is 2.16. The zero-order chi connectivity index (χ0) is 13.0. The van der Waals surface area contributed by atoms with E-state index in [1.54, 1.807) is 0 Å². The van der Waals surface area contributed by atoms with Gasteiger partial charge in [-0.2, -0.15) is 0 Å². The minimum absolute atomic E-state index is 0.346. The molecule has 0 radical (unpaired) electrons. The van der Waals surface area contributed by atoms with Gasteiger partial charge in [0, 0.05) is 24.6 Å². The Morgan fingerprint density at radius 1 is 1.61 bits per heavy atom. The molecule has 0 aromatic carbocycles. The molecule has 0 aliphatic carbocycles. The molecule has 0 saturated carbocycles. The first kappa shape index (κ1) is 14.0. The van der Waals surface area contributed by atoms with Gasteiger partial charge in [0.05, 0.1) is 12.1 Å². The van der Waals surface area contributed by atoms with Crippen LogP contribution in [0, 0.1) is 6.92 Å². The van der Waals surface area contributed by atoms with Crippen LogP contribution in [-0.2, 0) is 4.74 Å². The quantitative estimate of drug-likeness (QED) is 0.862. The predicted octanol–water partition coefficient (Wildman–Crippen LogP) is 2.56. The van der Waals surface area contributed by atoms with Crippen LogP contribution in [0.3, 0.4) is 0 Å². The van der Waals surface area contributed by atoms with Gasteiger partial charge in [0.1, 0.15) is 0 Å². The lowest BCUT2D eigenvalue weighted by Gasteiger charge is -2.31. The SMILES string of the molecule is CCN(CC1CCCO1)C(CN)c1sccc1C. The average molecular weight is 268 g/mol. The van der Waals surface area contributed by atoms with E-state index >= 15 is 0 Å². The van der Waals surface area contributed by atoms with Gasteiger partial charge in [0.2, 0.25) is 0 Å². The summed E-state index contributed by atoms with van der Waals surface area (Å²) in [4.78, 5) is 3.88. The molecule has 1 saturated heterocycles. The van der Waals surface area contributed by atoms with Crippen LogP contribution in [0.4, 0.5) is 0 Å². The van der Waals surface area contributed by atoms with Crippen LogP contribution >= 0.6 is 11.3 Å². The third-order valence-corrected chi connectivity index (χ3v) is 4.86. The first-order valence-electron chi connectivity index (χ1n) is 6.86. The summed E-state index contributed by atoms with van der Waals surface area (Å²) in [6.07, 6.45) is 2.80. The van der Waals surface area contributed by atoms with Crippen molar-refractivity contribution < 1.29 is 4.74 Å². The Labute approximate surface area is 114 Å². The van der Waals surface area contributed by atoms with Crippen molar-refractivity contribution in [2.24, 2.45) is 5.73 Å². The van der Waals surface area contributed by atoms with Crippen LogP contribution in [0.15, 0.2) is 11.4 Å². The number of hydrogen-bond donors (Lipinski definition) is 1. The first-order valence-corrected chi connectivity index (χ1v) is 7.74. The fraction of sp³-hybridized carbons (Fsp3) is 0.714. The molecule has 2 rings (SSSR count). The molecule has 3 nitrogen and oxygen atoms in total. The van der Waals surface area contributed by atoms with Crippen LogP contribution in [0.2, 0.25) is 0 Å². The first-order chi connectivity index (χ1) is 8.76. The highest BCUT2D eigenvalue weighted by atomic mass is 32.1. The molecule has 1 aromatic heterocycles. The maximum absolute atomic E-state index is 6.01. The zero-order valence-electron chi connectivity index (χ0n) is 11.4. The summed E-state index contributed by atoms with van der Waals surface area (Å²) < 4.78 is 5.75. The monoisotopic (exact) mass is 268 g/mol. The van der Waals surface area contributed by atoms with Crippen LogP contribution in [0.1, 0.15) is 36.2 Å². The normalized spacial score (nSPS) is 21.7. The summed E-state index contributed by atoms with van der Waals surface area (Å²) in [6, 6.07) is 2.53. The molecule has 0 amide bonds. The van der Waals surface area contributed by atoms with Crippen molar-refractivity contribution in [3.63, 3.8) is 0 Å². The van der Waals surface area contributed by atoms with Crippen molar-refractivity contribution in [2.45, 2.75) is 38.8 Å². The van der Waals surface area contributed by atoms with Gasteiger partial charge in [0.25, 0.3) is 0 Å². The van der Waals surface area contributed by atoms with Crippen LogP contribution in [0.25, 0.3) is 0 Å². The number of hydrogen-bond acceptors (Lipinski definition) is 4. The molecule has 0 bridgehead atoms. The number of aryl methyl sites for hydroxylation is 1. The molecule has 2 atom stereocenters. The van der Waals surface area contributed by atoms with Crippen molar-refractivity contribution in [3.8, 4) is 0 Å². The van der Waals surface area contributed by atoms with E-state index < -0.39 is 0 Å². The third kappa shape index (κ3) is 3.12. The van der Waals surface area contributed by atoms with E-state index in [0.29, 0.717) is 18.7 Å². The largest absolute Gasteiger partial charge is 0.377 e. The summed E-state index contributed by atoms with van der Waals surface area (Å²) in [6.45, 7) is 8.03. The molecule has 1 aliphatic rings. The predicted molar refractivity (Wildman–Crippen MR) is 77.1 cm³/mol. The van der Waals surface area contributed by atoms with Gasteiger partial charge in [0.15, 0.2) is 0 Å². The lowest BCUT2D eigenvalue weighted by atomic mass is 10.1. The number of likely N-dealkylation sites (N-methyl/N-ethyl adjacent to an activating group) is 1. The molecule has 2 unspecified atom stereocenters. The van der Waals surface area contributed by atoms with Crippen molar-refractivity contribution in [1.29, 1.82) is 0 Å². The van der Waals surface area contributed by atoms with Crippen molar-refractivity contribution in [3.05, 3.63) is 21.9 Å². The zero-order valence-corrected chi connectivity index (χ0v) is 12.2. The highest BCUT2D eigenvalue weighted by molar-refractivity contribution is 7.10. The number of thiophene rings is 1. The summed E-state index contributed by atoms with van der Waals surface area (Å²) in [5.41, 5.74) is 7.37. The maximum atomic E-state index is 6.01. The Kier molecular flexibility index (Phi) is 5.18. The Hall–Kier alpha value is -0.420. The lowest BCUT2D eigenvalue weighted by molar-refractivity contribution is 0.0606. The minimum Gasteiger partial charge on any atom is -0.377 e. The van der Waals surface area contributed by atoms with Crippen molar-refractivity contribution in [1.82, 2.24) is 4.90 Å². The maximum Gasteiger partial charge on any atom is 0.0703 e. The Bertz CT molecular complexity index is 360. The average Bonchev–Trinajstić information content (AvgIpc) is 3.01. The number of ether oxygens (including phenoxy) is 1. The van der Waals surface area contributed by atoms with Gasteiger partial charge < -0.3 is 10.5 Å². The smallest absolute Gasteiger partial charge is 0.0703 e. The fourth-order valence-electron chi connectivity index (χ4n) is 2.67. The second-order valence-electron chi connectivity index (χ2n) is 4.94. The molecule has 4 heteroatoms. The Balaban J connectivity index is 2.06. The standard InChI is InChI=1S/C14H24N2OS/c1-3-16(10-12-5-4-7-17-12)13(9-15)14-11(2)6-8-18-14/h6,8,12-13H,3-5,7,9-10,15H2,1-2H3. The highest BCUT2D eigenvalue weighted by Crippen LogP contribution is 2.29. The van der Waals surface area contributed by atoms with E-state index in [-0.39, 0.29) is 0 Å². The van der Waals surface area contributed by atoms with Gasteiger partial charge in [-0.1, -0.05) is 6.92 Å². The molecule has 1 aromatic rings. The van der Waals surface area contributed by atoms with Crippen LogP contribution in [-0.4, -0.2) is 37.2 Å². The van der Waals surface area contributed by atoms with Gasteiger partial charge in [-0.25, -0.2) is 0 Å². The molecular formula is C14H24N2OS. The van der Waals surface area contributed by atoms with Gasteiger partial charge >= 0.3 is 0 Å². The molecule has 102 valence electrons. The second-order valence-corrected chi connectivity index (χ2v) is 5.89. The fourth-order valence-corrected chi connectivity index (χ4v) is 3.75. The number of nitrogens with two attached hydrogens (primary N) is 1. The molecule has 1 aliphatic heterocycles. The molecule has 0 spiro atoms. The van der Waals surface area contributed by atoms with Gasteiger partial charge in [-0.15, -0.1) is 11.3 Å². The topological polar surface area (TPSA) is 38.5 Å². The lowest BCUT2D eigenvalue weighted by Crippen LogP contribution is -2.38.